The van der Waals surface area contributed by atoms with E-state index >= 15 is 0 Å². The number of hydrogen-bond donors (Lipinski definition) is 0. The van der Waals surface area contributed by atoms with Crippen molar-refractivity contribution in [2.45, 2.75) is 6.42 Å². The topological polar surface area (TPSA) is 40.6 Å². The van der Waals surface area contributed by atoms with Crippen LogP contribution in [0.25, 0.3) is 0 Å². The summed E-state index contributed by atoms with van der Waals surface area (Å²) in [7, 11) is 3.37. The lowest BCUT2D eigenvalue weighted by Gasteiger charge is -2.13. The third-order valence-electron chi connectivity index (χ3n) is 1.89. The first-order valence-corrected chi connectivity index (χ1v) is 3.59. The second-order valence-electron chi connectivity index (χ2n) is 2.82. The Bertz CT molecular complexity index is 191. The van der Waals surface area contributed by atoms with E-state index < -0.39 is 0 Å². The monoisotopic (exact) mass is 156 g/mol. The molecule has 11 heavy (non-hydrogen) atoms. The number of carbonyl (C=O) groups is 2. The zero-order chi connectivity index (χ0) is 8.43. The van der Waals surface area contributed by atoms with E-state index in [-0.39, 0.29) is 18.4 Å². The number of amides is 2. The summed E-state index contributed by atoms with van der Waals surface area (Å²) in [6, 6.07) is 0. The van der Waals surface area contributed by atoms with Crippen LogP contribution in [0.3, 0.4) is 0 Å². The Labute approximate surface area is 65.8 Å². The fourth-order valence-electron chi connectivity index (χ4n) is 0.991. The summed E-state index contributed by atoms with van der Waals surface area (Å²) in [6.45, 7) is 0.761. The minimum Gasteiger partial charge on any atom is -0.344 e. The summed E-state index contributed by atoms with van der Waals surface area (Å²) in [5.41, 5.74) is 0. The summed E-state index contributed by atoms with van der Waals surface area (Å²) < 4.78 is 0. The van der Waals surface area contributed by atoms with Crippen LogP contribution in [0, 0.1) is 0 Å². The molecule has 0 atom stereocenters. The Morgan fingerprint density at radius 2 is 1.73 bits per heavy atom. The van der Waals surface area contributed by atoms with E-state index in [1.165, 1.54) is 4.90 Å². The number of hydrogen-bond acceptors (Lipinski definition) is 2. The van der Waals surface area contributed by atoms with E-state index in [0.717, 1.165) is 0 Å². The second-order valence-corrected chi connectivity index (χ2v) is 2.82. The molecule has 0 aliphatic carbocycles. The molecular weight excluding hydrogens is 144 g/mol. The minimum absolute atomic E-state index is 0.0124. The van der Waals surface area contributed by atoms with Crippen LogP contribution in [0.5, 0.6) is 0 Å². The molecule has 0 spiro atoms. The molecule has 1 aliphatic rings. The maximum Gasteiger partial charge on any atom is 0.241 e. The summed E-state index contributed by atoms with van der Waals surface area (Å²) in [5.74, 6) is 0.0565. The fourth-order valence-corrected chi connectivity index (χ4v) is 0.991. The van der Waals surface area contributed by atoms with Crippen molar-refractivity contribution in [1.82, 2.24) is 9.80 Å². The molecule has 4 heteroatoms. The van der Waals surface area contributed by atoms with Gasteiger partial charge in [-0.05, 0) is 0 Å². The van der Waals surface area contributed by atoms with Gasteiger partial charge in [-0.2, -0.15) is 0 Å². The first kappa shape index (κ1) is 8.04. The van der Waals surface area contributed by atoms with Crippen LogP contribution in [-0.4, -0.2) is 48.8 Å². The quantitative estimate of drug-likeness (QED) is 0.465. The lowest BCUT2D eigenvalue weighted by Crippen LogP contribution is -2.33. The van der Waals surface area contributed by atoms with Crippen molar-refractivity contribution in [2.24, 2.45) is 0 Å². The van der Waals surface area contributed by atoms with Crippen molar-refractivity contribution in [1.29, 1.82) is 0 Å². The van der Waals surface area contributed by atoms with Crippen molar-refractivity contribution in [3.63, 3.8) is 0 Å². The molecule has 0 aromatic rings. The molecule has 0 aromatic carbocycles. The van der Waals surface area contributed by atoms with Gasteiger partial charge in [-0.25, -0.2) is 0 Å². The highest BCUT2D eigenvalue weighted by atomic mass is 16.2. The molecule has 0 radical (unpaired) electrons. The van der Waals surface area contributed by atoms with Crippen LogP contribution >= 0.6 is 0 Å². The normalized spacial score (nSPS) is 20.5. The van der Waals surface area contributed by atoms with E-state index in [1.54, 1.807) is 19.0 Å². The first-order chi connectivity index (χ1) is 5.11. The van der Waals surface area contributed by atoms with Crippen LogP contribution in [0.1, 0.15) is 6.42 Å². The van der Waals surface area contributed by atoms with Crippen LogP contribution in [0.2, 0.25) is 0 Å². The van der Waals surface area contributed by atoms with Gasteiger partial charge >= 0.3 is 0 Å². The van der Waals surface area contributed by atoms with E-state index in [1.807, 2.05) is 0 Å². The Balaban J connectivity index is 2.66. The summed E-state index contributed by atoms with van der Waals surface area (Å²) in [5, 5.41) is 0. The van der Waals surface area contributed by atoms with Crippen molar-refractivity contribution in [2.75, 3.05) is 27.2 Å². The second kappa shape index (κ2) is 2.90. The van der Waals surface area contributed by atoms with Gasteiger partial charge in [-0.3, -0.25) is 9.59 Å². The standard InChI is InChI=1S/C7H12N2O2/c1-8-4-3-6(10)9(2)5-7(8)11/h3-5H2,1-2H3. The molecule has 0 bridgehead atoms. The Morgan fingerprint density at radius 1 is 1.09 bits per heavy atom. The molecule has 1 fully saturated rings. The third kappa shape index (κ3) is 1.69. The lowest BCUT2D eigenvalue weighted by molar-refractivity contribution is -0.134. The predicted octanol–water partition coefficient (Wildman–Crippen LogP) is -0.693. The molecule has 0 aromatic heterocycles. The molecule has 4 nitrogen and oxygen atoms in total. The fraction of sp³-hybridized carbons (Fsp3) is 0.714. The summed E-state index contributed by atoms with van der Waals surface area (Å²) in [4.78, 5) is 25.2. The molecular formula is C7H12N2O2. The number of likely N-dealkylation sites (N-methyl/N-ethyl adjacent to an activating group) is 2. The van der Waals surface area contributed by atoms with Gasteiger partial charge in [0.15, 0.2) is 0 Å². The molecule has 1 rings (SSSR count). The average molecular weight is 156 g/mol. The van der Waals surface area contributed by atoms with Gasteiger partial charge in [0.1, 0.15) is 0 Å². The summed E-state index contributed by atoms with van der Waals surface area (Å²) >= 11 is 0. The first-order valence-electron chi connectivity index (χ1n) is 3.59. The van der Waals surface area contributed by atoms with E-state index in [9.17, 15) is 9.59 Å². The predicted molar refractivity (Wildman–Crippen MR) is 39.9 cm³/mol. The van der Waals surface area contributed by atoms with E-state index in [4.69, 9.17) is 0 Å². The third-order valence-corrected chi connectivity index (χ3v) is 1.89. The van der Waals surface area contributed by atoms with E-state index in [0.29, 0.717) is 13.0 Å². The largest absolute Gasteiger partial charge is 0.344 e. The number of nitrogens with zero attached hydrogens (tertiary/aromatic N) is 2. The number of rotatable bonds is 0. The van der Waals surface area contributed by atoms with Crippen molar-refractivity contribution in [3.05, 3.63) is 0 Å². The maximum absolute atomic E-state index is 11.1. The molecule has 1 heterocycles. The molecule has 1 saturated heterocycles. The molecule has 0 N–H and O–H groups in total. The molecule has 0 saturated carbocycles. The highest BCUT2D eigenvalue weighted by molar-refractivity contribution is 5.86. The van der Waals surface area contributed by atoms with Crippen molar-refractivity contribution >= 4 is 11.8 Å². The molecule has 2 amide bonds. The SMILES string of the molecule is CN1CCC(=O)N(C)CC1=O. The highest BCUT2D eigenvalue weighted by Crippen LogP contribution is 2.00. The average Bonchev–Trinajstić information content (AvgIpc) is 2.05. The highest BCUT2D eigenvalue weighted by Gasteiger charge is 2.20. The minimum atomic E-state index is 0.0124. The van der Waals surface area contributed by atoms with Crippen LogP contribution in [0.4, 0.5) is 0 Å². The van der Waals surface area contributed by atoms with Gasteiger partial charge < -0.3 is 9.80 Å². The maximum atomic E-state index is 11.1. The van der Waals surface area contributed by atoms with Crippen LogP contribution in [-0.2, 0) is 9.59 Å². The van der Waals surface area contributed by atoms with Gasteiger partial charge in [0, 0.05) is 27.1 Å². The van der Waals surface area contributed by atoms with Crippen LogP contribution < -0.4 is 0 Å². The lowest BCUT2D eigenvalue weighted by atomic mass is 10.4. The summed E-state index contributed by atoms with van der Waals surface area (Å²) in [6.07, 6.45) is 0.443. The van der Waals surface area contributed by atoms with Crippen LogP contribution in [0.15, 0.2) is 0 Å². The van der Waals surface area contributed by atoms with Gasteiger partial charge in [-0.1, -0.05) is 0 Å². The smallest absolute Gasteiger partial charge is 0.241 e. The van der Waals surface area contributed by atoms with Gasteiger partial charge in [-0.15, -0.1) is 0 Å². The van der Waals surface area contributed by atoms with E-state index in [2.05, 4.69) is 0 Å². The van der Waals surface area contributed by atoms with Gasteiger partial charge in [0.05, 0.1) is 6.54 Å². The zero-order valence-corrected chi connectivity index (χ0v) is 6.83. The van der Waals surface area contributed by atoms with Crippen molar-refractivity contribution in [3.8, 4) is 0 Å². The Kier molecular flexibility index (Phi) is 2.12. The Hall–Kier alpha value is -1.06. The number of carbonyl (C=O) groups excluding carboxylic acids is 2. The molecule has 1 aliphatic heterocycles. The molecule has 62 valence electrons. The van der Waals surface area contributed by atoms with Crippen molar-refractivity contribution < 1.29 is 9.59 Å². The van der Waals surface area contributed by atoms with Gasteiger partial charge in [0.2, 0.25) is 11.8 Å². The Morgan fingerprint density at radius 3 is 2.36 bits per heavy atom. The van der Waals surface area contributed by atoms with Gasteiger partial charge in [0.25, 0.3) is 0 Å². The molecule has 0 unspecified atom stereocenters. The zero-order valence-electron chi connectivity index (χ0n) is 6.83.